The number of anilines is 2. The lowest BCUT2D eigenvalue weighted by atomic mass is 10.2. The average Bonchev–Trinajstić information content (AvgIpc) is 3.06. The van der Waals surface area contributed by atoms with E-state index in [1.165, 1.54) is 12.1 Å². The lowest BCUT2D eigenvalue weighted by molar-refractivity contribution is -0.137. The molecule has 3 aromatic carbocycles. The highest BCUT2D eigenvalue weighted by molar-refractivity contribution is 9.10. The summed E-state index contributed by atoms with van der Waals surface area (Å²) in [5, 5.41) is 5.09. The third kappa shape index (κ3) is 4.88. The van der Waals surface area contributed by atoms with Gasteiger partial charge in [0.1, 0.15) is 0 Å². The van der Waals surface area contributed by atoms with E-state index in [2.05, 4.69) is 31.5 Å². The number of imidazole rings is 1. The number of para-hydroxylation sites is 2. The molecule has 31 heavy (non-hydrogen) atoms. The Morgan fingerprint density at radius 3 is 2.45 bits per heavy atom. The molecule has 0 aliphatic rings. The minimum absolute atomic E-state index is 0.0305. The Hall–Kier alpha value is -3.33. The van der Waals surface area contributed by atoms with Crippen molar-refractivity contribution in [2.75, 3.05) is 10.6 Å². The Labute approximate surface area is 184 Å². The molecule has 0 bridgehead atoms. The van der Waals surface area contributed by atoms with Crippen LogP contribution in [0.15, 0.2) is 77.3 Å². The second-order valence-electron chi connectivity index (χ2n) is 6.79. The highest BCUT2D eigenvalue weighted by Gasteiger charge is 2.30. The van der Waals surface area contributed by atoms with Gasteiger partial charge in [-0.05, 0) is 48.0 Å². The highest BCUT2D eigenvalue weighted by atomic mass is 79.9. The molecule has 1 aromatic heterocycles. The summed E-state index contributed by atoms with van der Waals surface area (Å²) in [6.07, 6.45) is -4.49. The minimum Gasteiger partial charge on any atom is -0.308 e. The Bertz CT molecular complexity index is 1240. The maximum atomic E-state index is 12.9. The molecule has 158 valence electrons. The van der Waals surface area contributed by atoms with Crippen molar-refractivity contribution in [1.82, 2.24) is 9.55 Å². The minimum atomic E-state index is -4.49. The third-order valence-corrected chi connectivity index (χ3v) is 5.11. The first-order chi connectivity index (χ1) is 14.8. The van der Waals surface area contributed by atoms with E-state index in [-0.39, 0.29) is 11.6 Å². The summed E-state index contributed by atoms with van der Waals surface area (Å²) in [7, 11) is 0. The zero-order valence-corrected chi connectivity index (χ0v) is 17.5. The predicted octanol–water partition coefficient (Wildman–Crippen LogP) is 6.51. The third-order valence-electron chi connectivity index (χ3n) is 4.58. The fourth-order valence-electron chi connectivity index (χ4n) is 3.14. The fraction of sp³-hybridized carbons (Fsp3) is 0.0909. The van der Waals surface area contributed by atoms with Gasteiger partial charge in [0, 0.05) is 10.2 Å². The largest absolute Gasteiger partial charge is 0.416 e. The molecule has 0 atom stereocenters. The zero-order valence-electron chi connectivity index (χ0n) is 15.9. The first-order valence-corrected chi connectivity index (χ1v) is 10.0. The normalized spacial score (nSPS) is 11.5. The van der Waals surface area contributed by atoms with Crippen LogP contribution in [0.2, 0.25) is 0 Å². The Balaban J connectivity index is 1.59. The summed E-state index contributed by atoms with van der Waals surface area (Å²) in [6, 6.07) is 18.9. The predicted molar refractivity (Wildman–Crippen MR) is 117 cm³/mol. The molecule has 0 fully saturated rings. The molecule has 2 N–H and O–H groups in total. The second-order valence-corrected chi connectivity index (χ2v) is 7.71. The van der Waals surface area contributed by atoms with Crippen LogP contribution < -0.4 is 10.6 Å². The number of urea groups is 1. The van der Waals surface area contributed by atoms with Crippen LogP contribution in [0.5, 0.6) is 0 Å². The van der Waals surface area contributed by atoms with Crippen molar-refractivity contribution in [3.63, 3.8) is 0 Å². The Kier molecular flexibility index (Phi) is 5.69. The highest BCUT2D eigenvalue weighted by Crippen LogP contribution is 2.30. The molecule has 0 radical (unpaired) electrons. The maximum absolute atomic E-state index is 12.9. The van der Waals surface area contributed by atoms with Gasteiger partial charge in [0.05, 0.1) is 23.1 Å². The first-order valence-electron chi connectivity index (χ1n) is 9.24. The lowest BCUT2D eigenvalue weighted by Crippen LogP contribution is -2.22. The Morgan fingerprint density at radius 2 is 1.71 bits per heavy atom. The van der Waals surface area contributed by atoms with E-state index in [4.69, 9.17) is 0 Å². The quantitative estimate of drug-likeness (QED) is 0.344. The molecule has 0 spiro atoms. The topological polar surface area (TPSA) is 59.0 Å². The van der Waals surface area contributed by atoms with Crippen molar-refractivity contribution in [1.29, 1.82) is 0 Å². The van der Waals surface area contributed by atoms with Crippen LogP contribution in [-0.2, 0) is 12.7 Å². The van der Waals surface area contributed by atoms with Crippen LogP contribution in [-0.4, -0.2) is 15.6 Å². The Morgan fingerprint density at radius 1 is 0.968 bits per heavy atom. The summed E-state index contributed by atoms with van der Waals surface area (Å²) in [4.78, 5) is 17.0. The number of nitrogens with zero attached hydrogens (tertiary/aromatic N) is 2. The molecule has 4 rings (SSSR count). The van der Waals surface area contributed by atoms with Crippen molar-refractivity contribution in [2.45, 2.75) is 12.7 Å². The van der Waals surface area contributed by atoms with Crippen LogP contribution in [0.3, 0.4) is 0 Å². The lowest BCUT2D eigenvalue weighted by Gasteiger charge is -2.12. The first kappa shape index (κ1) is 20.9. The van der Waals surface area contributed by atoms with Crippen LogP contribution in [0.25, 0.3) is 11.0 Å². The molecule has 1 heterocycles. The van der Waals surface area contributed by atoms with E-state index >= 15 is 0 Å². The van der Waals surface area contributed by atoms with Gasteiger partial charge in [0.25, 0.3) is 0 Å². The van der Waals surface area contributed by atoms with Crippen molar-refractivity contribution in [3.8, 4) is 0 Å². The molecule has 0 aliphatic carbocycles. The van der Waals surface area contributed by atoms with Crippen LogP contribution in [0, 0.1) is 0 Å². The van der Waals surface area contributed by atoms with Gasteiger partial charge in [0.15, 0.2) is 0 Å². The van der Waals surface area contributed by atoms with Gasteiger partial charge in [-0.3, -0.25) is 5.32 Å². The van der Waals surface area contributed by atoms with E-state index in [9.17, 15) is 18.0 Å². The van der Waals surface area contributed by atoms with Gasteiger partial charge in [-0.15, -0.1) is 0 Å². The van der Waals surface area contributed by atoms with Gasteiger partial charge < -0.3 is 9.88 Å². The number of alkyl halides is 3. The number of carbonyl (C=O) groups excluding carboxylic acids is 1. The second kappa shape index (κ2) is 8.43. The number of rotatable bonds is 4. The SMILES string of the molecule is O=C(Nc1cccc(C(F)(F)F)c1)Nc1nc2ccccc2n1Cc1ccc(Br)cc1. The summed E-state index contributed by atoms with van der Waals surface area (Å²) in [6.45, 7) is 0.451. The number of aromatic nitrogens is 2. The van der Waals surface area contributed by atoms with Crippen LogP contribution >= 0.6 is 15.9 Å². The molecule has 0 aliphatic heterocycles. The number of carbonyl (C=O) groups is 1. The molecular formula is C22H16BrF3N4O. The molecular weight excluding hydrogens is 473 g/mol. The molecule has 0 unspecified atom stereocenters. The summed E-state index contributed by atoms with van der Waals surface area (Å²) in [5.74, 6) is 0.286. The van der Waals surface area contributed by atoms with Crippen LogP contribution in [0.4, 0.5) is 29.6 Å². The van der Waals surface area contributed by atoms with Crippen LogP contribution in [0.1, 0.15) is 11.1 Å². The monoisotopic (exact) mass is 488 g/mol. The standard InChI is InChI=1S/C22H16BrF3N4O/c23-16-10-8-14(9-11-16)13-30-19-7-2-1-6-18(19)28-20(30)29-21(31)27-17-5-3-4-15(12-17)22(24,25)26/h1-12H,13H2,(H2,27,28,29,31). The number of nitrogens with one attached hydrogen (secondary N) is 2. The number of fused-ring (bicyclic) bond motifs is 1. The smallest absolute Gasteiger partial charge is 0.308 e. The van der Waals surface area contributed by atoms with Crippen molar-refractivity contribution < 1.29 is 18.0 Å². The summed E-state index contributed by atoms with van der Waals surface area (Å²) >= 11 is 3.40. The van der Waals surface area contributed by atoms with Crippen molar-refractivity contribution >= 4 is 44.6 Å². The van der Waals surface area contributed by atoms with Gasteiger partial charge >= 0.3 is 12.2 Å². The van der Waals surface area contributed by atoms with E-state index in [1.54, 1.807) is 0 Å². The number of amides is 2. The number of halogens is 4. The van der Waals surface area contributed by atoms with Crippen molar-refractivity contribution in [3.05, 3.63) is 88.4 Å². The molecule has 5 nitrogen and oxygen atoms in total. The van der Waals surface area contributed by atoms with E-state index in [0.717, 1.165) is 27.7 Å². The van der Waals surface area contributed by atoms with E-state index < -0.39 is 17.8 Å². The summed E-state index contributed by atoms with van der Waals surface area (Å²) < 4.78 is 41.5. The van der Waals surface area contributed by atoms with E-state index in [0.29, 0.717) is 12.1 Å². The van der Waals surface area contributed by atoms with Gasteiger partial charge in [-0.2, -0.15) is 13.2 Å². The molecule has 9 heteroatoms. The molecule has 4 aromatic rings. The zero-order chi connectivity index (χ0) is 22.0. The maximum Gasteiger partial charge on any atom is 0.416 e. The summed E-state index contributed by atoms with van der Waals surface area (Å²) in [5.41, 5.74) is 1.69. The number of hydrogen-bond donors (Lipinski definition) is 2. The molecule has 0 saturated carbocycles. The van der Waals surface area contributed by atoms with Crippen molar-refractivity contribution in [2.24, 2.45) is 0 Å². The number of hydrogen-bond acceptors (Lipinski definition) is 2. The number of benzene rings is 3. The fourth-order valence-corrected chi connectivity index (χ4v) is 3.40. The van der Waals surface area contributed by atoms with Gasteiger partial charge in [-0.1, -0.05) is 46.3 Å². The van der Waals surface area contributed by atoms with E-state index in [1.807, 2.05) is 53.1 Å². The van der Waals surface area contributed by atoms with Gasteiger partial charge in [0.2, 0.25) is 5.95 Å². The average molecular weight is 489 g/mol. The molecule has 2 amide bonds. The molecule has 0 saturated heterocycles. The van der Waals surface area contributed by atoms with Gasteiger partial charge in [-0.25, -0.2) is 9.78 Å².